The first kappa shape index (κ1) is 14.8. The van der Waals surface area contributed by atoms with Crippen LogP contribution >= 0.6 is 0 Å². The van der Waals surface area contributed by atoms with Crippen molar-refractivity contribution in [2.45, 2.75) is 56.7 Å². The van der Waals surface area contributed by atoms with Crippen molar-refractivity contribution >= 4 is 0 Å². The highest BCUT2D eigenvalue weighted by Gasteiger charge is 2.35. The molecule has 3 aliphatic rings. The molecule has 2 atom stereocenters. The van der Waals surface area contributed by atoms with Crippen LogP contribution in [0.4, 0.5) is 0 Å². The maximum absolute atomic E-state index is 5.80. The lowest BCUT2D eigenvalue weighted by Crippen LogP contribution is -2.57. The molecule has 2 aliphatic heterocycles. The van der Waals surface area contributed by atoms with Crippen LogP contribution < -0.4 is 5.32 Å². The summed E-state index contributed by atoms with van der Waals surface area (Å²) < 4.78 is 5.80. The lowest BCUT2D eigenvalue weighted by molar-refractivity contribution is 0.0902. The lowest BCUT2D eigenvalue weighted by Gasteiger charge is -2.39. The quantitative estimate of drug-likeness (QED) is 0.790. The summed E-state index contributed by atoms with van der Waals surface area (Å²) in [7, 11) is 2.23. The van der Waals surface area contributed by atoms with E-state index in [2.05, 4.69) is 22.2 Å². The third-order valence-electron chi connectivity index (χ3n) is 5.36. The van der Waals surface area contributed by atoms with Gasteiger partial charge in [0.2, 0.25) is 0 Å². The average molecular weight is 281 g/mol. The molecule has 3 fully saturated rings. The topological polar surface area (TPSA) is 27.7 Å². The zero-order valence-corrected chi connectivity index (χ0v) is 13.0. The number of hydrogen-bond acceptors (Lipinski definition) is 4. The lowest BCUT2D eigenvalue weighted by atomic mass is 10.0. The summed E-state index contributed by atoms with van der Waals surface area (Å²) in [6, 6.07) is 1.90. The monoisotopic (exact) mass is 281 g/mol. The fourth-order valence-electron chi connectivity index (χ4n) is 3.96. The Bertz CT molecular complexity index is 283. The van der Waals surface area contributed by atoms with E-state index < -0.39 is 0 Å². The molecular formula is C16H31N3O. The summed E-state index contributed by atoms with van der Waals surface area (Å²) in [6.45, 7) is 6.64. The van der Waals surface area contributed by atoms with Crippen molar-refractivity contribution in [1.29, 1.82) is 0 Å². The summed E-state index contributed by atoms with van der Waals surface area (Å²) >= 11 is 0. The van der Waals surface area contributed by atoms with Crippen molar-refractivity contribution in [1.82, 2.24) is 15.1 Å². The first-order valence-electron chi connectivity index (χ1n) is 8.59. The van der Waals surface area contributed by atoms with E-state index in [1.807, 2.05) is 0 Å². The van der Waals surface area contributed by atoms with Crippen LogP contribution in [0.1, 0.15) is 38.5 Å². The molecule has 0 amide bonds. The molecule has 1 saturated carbocycles. The number of nitrogens with zero attached hydrogens (tertiary/aromatic N) is 2. The molecule has 0 aromatic rings. The molecule has 0 spiro atoms. The molecular weight excluding hydrogens is 250 g/mol. The average Bonchev–Trinajstić information content (AvgIpc) is 2.75. The van der Waals surface area contributed by atoms with Crippen LogP contribution in [0.3, 0.4) is 0 Å². The summed E-state index contributed by atoms with van der Waals surface area (Å²) in [6.07, 6.45) is 8.41. The van der Waals surface area contributed by atoms with E-state index >= 15 is 0 Å². The van der Waals surface area contributed by atoms with Crippen LogP contribution in [0, 0.1) is 0 Å². The maximum Gasteiger partial charge on any atom is 0.0638 e. The highest BCUT2D eigenvalue weighted by molar-refractivity contribution is 4.92. The van der Waals surface area contributed by atoms with Gasteiger partial charge in [0.25, 0.3) is 0 Å². The number of likely N-dealkylation sites (N-methyl/N-ethyl adjacent to an activating group) is 1. The molecule has 4 nitrogen and oxygen atoms in total. The third kappa shape index (κ3) is 3.73. The van der Waals surface area contributed by atoms with Crippen LogP contribution in [0.2, 0.25) is 0 Å². The Morgan fingerprint density at radius 3 is 2.30 bits per heavy atom. The van der Waals surface area contributed by atoms with E-state index in [1.54, 1.807) is 0 Å². The molecule has 116 valence electrons. The number of rotatable bonds is 3. The Hall–Kier alpha value is -0.160. The number of piperazine rings is 1. The minimum Gasteiger partial charge on any atom is -0.378 e. The zero-order chi connectivity index (χ0) is 13.8. The Morgan fingerprint density at radius 1 is 0.900 bits per heavy atom. The zero-order valence-electron chi connectivity index (χ0n) is 13.0. The highest BCUT2D eigenvalue weighted by Crippen LogP contribution is 2.21. The molecule has 0 unspecified atom stereocenters. The minimum atomic E-state index is 0.557. The predicted molar refractivity (Wildman–Crippen MR) is 82.1 cm³/mol. The van der Waals surface area contributed by atoms with Gasteiger partial charge in [-0.3, -0.25) is 4.90 Å². The smallest absolute Gasteiger partial charge is 0.0638 e. The Balaban J connectivity index is 1.52. The summed E-state index contributed by atoms with van der Waals surface area (Å²) in [4.78, 5) is 5.08. The van der Waals surface area contributed by atoms with Gasteiger partial charge in [0.05, 0.1) is 19.3 Å². The van der Waals surface area contributed by atoms with Gasteiger partial charge < -0.3 is 15.0 Å². The van der Waals surface area contributed by atoms with Crippen molar-refractivity contribution < 1.29 is 4.74 Å². The summed E-state index contributed by atoms with van der Waals surface area (Å²) in [5.41, 5.74) is 0. The van der Waals surface area contributed by atoms with Gasteiger partial charge in [-0.05, 0) is 19.9 Å². The Kier molecular flexibility index (Phi) is 5.32. The molecule has 1 aliphatic carbocycles. The molecule has 2 heterocycles. The van der Waals surface area contributed by atoms with E-state index in [9.17, 15) is 0 Å². The fourth-order valence-corrected chi connectivity index (χ4v) is 3.96. The van der Waals surface area contributed by atoms with E-state index in [1.165, 1.54) is 64.7 Å². The highest BCUT2D eigenvalue weighted by atomic mass is 16.5. The molecule has 20 heavy (non-hydrogen) atoms. The third-order valence-corrected chi connectivity index (χ3v) is 5.36. The standard InChI is InChI=1S/C16H31N3O/c1-18-8-10-19(11-9-18)16-13-20-12-15(16)17-14-6-4-2-3-5-7-14/h14-17H,2-13H2,1H3/t15-,16-/m0/s1. The summed E-state index contributed by atoms with van der Waals surface area (Å²) in [5.74, 6) is 0. The van der Waals surface area contributed by atoms with Crippen LogP contribution in [0.25, 0.3) is 0 Å². The van der Waals surface area contributed by atoms with Crippen molar-refractivity contribution in [3.05, 3.63) is 0 Å². The van der Waals surface area contributed by atoms with Gasteiger partial charge in [-0.25, -0.2) is 0 Å². The van der Waals surface area contributed by atoms with Crippen molar-refractivity contribution in [2.75, 3.05) is 46.4 Å². The van der Waals surface area contributed by atoms with Crippen LogP contribution in [-0.2, 0) is 4.74 Å². The van der Waals surface area contributed by atoms with Crippen molar-refractivity contribution in [2.24, 2.45) is 0 Å². The molecule has 0 aromatic heterocycles. The van der Waals surface area contributed by atoms with E-state index in [0.29, 0.717) is 12.1 Å². The molecule has 0 bridgehead atoms. The van der Waals surface area contributed by atoms with Gasteiger partial charge >= 0.3 is 0 Å². The maximum atomic E-state index is 5.80. The molecule has 0 aromatic carbocycles. The second-order valence-electron chi connectivity index (χ2n) is 6.91. The summed E-state index contributed by atoms with van der Waals surface area (Å²) in [5, 5.41) is 3.94. The number of hydrogen-bond donors (Lipinski definition) is 1. The van der Waals surface area contributed by atoms with Gasteiger partial charge in [-0.2, -0.15) is 0 Å². The molecule has 3 rings (SSSR count). The van der Waals surface area contributed by atoms with Crippen molar-refractivity contribution in [3.63, 3.8) is 0 Å². The van der Waals surface area contributed by atoms with Gasteiger partial charge in [-0.1, -0.05) is 25.7 Å². The Labute approximate surface area is 123 Å². The number of nitrogens with one attached hydrogen (secondary N) is 1. The van der Waals surface area contributed by atoms with Gasteiger partial charge in [0, 0.05) is 38.3 Å². The fraction of sp³-hybridized carbons (Fsp3) is 1.00. The van der Waals surface area contributed by atoms with E-state index in [4.69, 9.17) is 4.74 Å². The predicted octanol–water partition coefficient (Wildman–Crippen LogP) is 1.31. The minimum absolute atomic E-state index is 0.557. The normalized spacial score (nSPS) is 35.2. The SMILES string of the molecule is CN1CCN([C@H]2COC[C@@H]2NC2CCCCCC2)CC1. The van der Waals surface area contributed by atoms with Crippen LogP contribution in [0.15, 0.2) is 0 Å². The van der Waals surface area contributed by atoms with Crippen LogP contribution in [0.5, 0.6) is 0 Å². The van der Waals surface area contributed by atoms with Crippen LogP contribution in [-0.4, -0.2) is 74.4 Å². The molecule has 2 saturated heterocycles. The van der Waals surface area contributed by atoms with Gasteiger partial charge in [-0.15, -0.1) is 0 Å². The molecule has 4 heteroatoms. The number of ether oxygens (including phenoxy) is 1. The van der Waals surface area contributed by atoms with Gasteiger partial charge in [0.15, 0.2) is 0 Å². The first-order chi connectivity index (χ1) is 9.83. The molecule has 0 radical (unpaired) electrons. The van der Waals surface area contributed by atoms with Crippen molar-refractivity contribution in [3.8, 4) is 0 Å². The molecule has 1 N–H and O–H groups in total. The first-order valence-corrected chi connectivity index (χ1v) is 8.59. The second kappa shape index (κ2) is 7.21. The second-order valence-corrected chi connectivity index (χ2v) is 6.91. The van der Waals surface area contributed by atoms with Gasteiger partial charge in [0.1, 0.15) is 0 Å². The van der Waals surface area contributed by atoms with E-state index in [-0.39, 0.29) is 0 Å². The largest absolute Gasteiger partial charge is 0.378 e. The van der Waals surface area contributed by atoms with E-state index in [0.717, 1.165) is 19.3 Å². The Morgan fingerprint density at radius 2 is 1.60 bits per heavy atom.